The molecule has 7 nitrogen and oxygen atoms in total. The summed E-state index contributed by atoms with van der Waals surface area (Å²) in [5, 5.41) is 12.7. The zero-order valence-electron chi connectivity index (χ0n) is 19.9. The van der Waals surface area contributed by atoms with Crippen molar-refractivity contribution >= 4 is 58.1 Å². The number of hydrogen-bond donors (Lipinski definition) is 1. The Morgan fingerprint density at radius 3 is 2.50 bits per heavy atom. The second-order valence-electron chi connectivity index (χ2n) is 9.39. The molecule has 0 saturated carbocycles. The second-order valence-corrected chi connectivity index (χ2v) is 10.7. The largest absolute Gasteiger partial charge is 0.309 e. The molecule has 1 N–H and O–H groups in total. The Hall–Kier alpha value is -3.46. The molecule has 0 bridgehead atoms. The summed E-state index contributed by atoms with van der Waals surface area (Å²) in [5.41, 5.74) is 1.43. The van der Waals surface area contributed by atoms with E-state index in [4.69, 9.17) is 34.8 Å². The van der Waals surface area contributed by atoms with Crippen LogP contribution in [-0.4, -0.2) is 26.8 Å². The van der Waals surface area contributed by atoms with E-state index < -0.39 is 11.2 Å². The Morgan fingerprint density at radius 2 is 1.76 bits per heavy atom. The highest BCUT2D eigenvalue weighted by atomic mass is 35.5. The van der Waals surface area contributed by atoms with Crippen molar-refractivity contribution in [3.05, 3.63) is 104 Å². The first-order valence-electron chi connectivity index (χ1n) is 11.8. The van der Waals surface area contributed by atoms with Gasteiger partial charge in [-0.25, -0.2) is 9.07 Å². The standard InChI is InChI=1S/C27H19Cl3FN5O2/c1-14(16-3-5-17(28)6-4-16)36-25-24(33-34-36)27(12-23(37)32-25)19-11-18(29)7-9-22(19)35(26(27)38)13-15-2-8-20(30)21(31)10-15/h2-11,14H,12-13H2,1H3,(H,32,37)/t14?,27-/m1/s1. The summed E-state index contributed by atoms with van der Waals surface area (Å²) in [6.45, 7) is 1.98. The quantitative estimate of drug-likeness (QED) is 0.319. The van der Waals surface area contributed by atoms with Gasteiger partial charge in [0.1, 0.15) is 16.9 Å². The molecule has 3 aromatic carbocycles. The van der Waals surface area contributed by atoms with E-state index in [2.05, 4.69) is 15.6 Å². The molecule has 2 aliphatic heterocycles. The summed E-state index contributed by atoms with van der Waals surface area (Å²) in [4.78, 5) is 29.0. The number of amides is 2. The van der Waals surface area contributed by atoms with Gasteiger partial charge < -0.3 is 10.2 Å². The lowest BCUT2D eigenvalue weighted by molar-refractivity contribution is -0.126. The number of rotatable bonds is 4. The first-order valence-corrected chi connectivity index (χ1v) is 12.9. The molecule has 0 radical (unpaired) electrons. The normalized spacial score (nSPS) is 18.9. The summed E-state index contributed by atoms with van der Waals surface area (Å²) in [5.74, 6) is -0.974. The number of nitrogens with zero attached hydrogens (tertiary/aromatic N) is 4. The van der Waals surface area contributed by atoms with Crippen LogP contribution in [0.5, 0.6) is 0 Å². The van der Waals surface area contributed by atoms with Gasteiger partial charge in [0, 0.05) is 15.7 Å². The zero-order chi connectivity index (χ0) is 26.8. The Morgan fingerprint density at radius 1 is 1.03 bits per heavy atom. The Bertz CT molecular complexity index is 1620. The summed E-state index contributed by atoms with van der Waals surface area (Å²) in [6.07, 6.45) is -0.175. The fourth-order valence-electron chi connectivity index (χ4n) is 5.27. The van der Waals surface area contributed by atoms with Gasteiger partial charge in [0.25, 0.3) is 0 Å². The van der Waals surface area contributed by atoms with Gasteiger partial charge in [-0.2, -0.15) is 0 Å². The Kier molecular flexibility index (Phi) is 5.94. The predicted molar refractivity (Wildman–Crippen MR) is 143 cm³/mol. The number of fused-ring (bicyclic) bond motifs is 4. The molecule has 38 heavy (non-hydrogen) atoms. The summed E-state index contributed by atoms with van der Waals surface area (Å²) < 4.78 is 15.8. The molecule has 3 heterocycles. The molecule has 0 aliphatic carbocycles. The van der Waals surface area contributed by atoms with E-state index in [0.717, 1.165) is 5.56 Å². The fourth-order valence-corrected chi connectivity index (χ4v) is 5.69. The van der Waals surface area contributed by atoms with Gasteiger partial charge in [-0.15, -0.1) is 5.10 Å². The monoisotopic (exact) mass is 569 g/mol. The number of carbonyl (C=O) groups excluding carboxylic acids is 2. The highest BCUT2D eigenvalue weighted by Gasteiger charge is 2.58. The van der Waals surface area contributed by atoms with Gasteiger partial charge in [0.15, 0.2) is 5.82 Å². The molecule has 11 heteroatoms. The minimum atomic E-state index is -1.44. The van der Waals surface area contributed by atoms with Crippen molar-refractivity contribution < 1.29 is 14.0 Å². The van der Waals surface area contributed by atoms with E-state index in [1.807, 2.05) is 19.1 Å². The van der Waals surface area contributed by atoms with E-state index in [1.54, 1.807) is 41.1 Å². The number of benzene rings is 3. The molecule has 2 amide bonds. The average molecular weight is 571 g/mol. The molecule has 1 aromatic heterocycles. The topological polar surface area (TPSA) is 80.1 Å². The molecule has 6 rings (SSSR count). The van der Waals surface area contributed by atoms with Crippen LogP contribution in [0.25, 0.3) is 0 Å². The molecule has 1 spiro atoms. The van der Waals surface area contributed by atoms with Crippen LogP contribution in [0.15, 0.2) is 60.7 Å². The van der Waals surface area contributed by atoms with E-state index >= 15 is 0 Å². The van der Waals surface area contributed by atoms with Crippen LogP contribution in [0.1, 0.15) is 41.8 Å². The molecule has 1 unspecified atom stereocenters. The first kappa shape index (κ1) is 24.9. The first-order chi connectivity index (χ1) is 18.2. The lowest BCUT2D eigenvalue weighted by Crippen LogP contribution is -2.47. The maximum Gasteiger partial charge on any atom is 0.244 e. The van der Waals surface area contributed by atoms with Crippen LogP contribution in [0.2, 0.25) is 15.1 Å². The van der Waals surface area contributed by atoms with Crippen molar-refractivity contribution in [1.82, 2.24) is 15.0 Å². The average Bonchev–Trinajstić information content (AvgIpc) is 3.40. The third kappa shape index (κ3) is 3.78. The fraction of sp³-hybridized carbons (Fsp3) is 0.185. The highest BCUT2D eigenvalue weighted by Crippen LogP contribution is 2.52. The lowest BCUT2D eigenvalue weighted by atomic mass is 9.73. The molecule has 0 fully saturated rings. The number of nitrogens with one attached hydrogen (secondary N) is 1. The number of halogens is 4. The van der Waals surface area contributed by atoms with Gasteiger partial charge in [-0.3, -0.25) is 9.59 Å². The molecule has 2 aliphatic rings. The highest BCUT2D eigenvalue weighted by molar-refractivity contribution is 6.31. The minimum absolute atomic E-state index is 0.00911. The van der Waals surface area contributed by atoms with Crippen molar-refractivity contribution in [2.45, 2.75) is 31.3 Å². The van der Waals surface area contributed by atoms with Crippen LogP contribution in [0, 0.1) is 5.82 Å². The Balaban J connectivity index is 1.49. The van der Waals surface area contributed by atoms with Gasteiger partial charge in [-0.1, -0.05) is 58.2 Å². The molecular weight excluding hydrogens is 552 g/mol. The maximum absolute atomic E-state index is 14.3. The summed E-state index contributed by atoms with van der Waals surface area (Å²) in [7, 11) is 0. The van der Waals surface area contributed by atoms with E-state index in [-0.39, 0.29) is 35.8 Å². The smallest absolute Gasteiger partial charge is 0.244 e. The number of anilines is 2. The lowest BCUT2D eigenvalue weighted by Gasteiger charge is -2.31. The second kappa shape index (κ2) is 9.08. The van der Waals surface area contributed by atoms with E-state index in [9.17, 15) is 14.0 Å². The van der Waals surface area contributed by atoms with Crippen molar-refractivity contribution in [3.8, 4) is 0 Å². The van der Waals surface area contributed by atoms with Crippen LogP contribution in [0.3, 0.4) is 0 Å². The third-order valence-electron chi connectivity index (χ3n) is 7.15. The molecule has 4 aromatic rings. The van der Waals surface area contributed by atoms with Crippen LogP contribution in [-0.2, 0) is 21.5 Å². The van der Waals surface area contributed by atoms with Crippen LogP contribution >= 0.6 is 34.8 Å². The number of aromatic nitrogens is 3. The molecule has 0 saturated heterocycles. The molecular formula is C27H19Cl3FN5O2. The Labute approximate surface area is 232 Å². The zero-order valence-corrected chi connectivity index (χ0v) is 22.2. The van der Waals surface area contributed by atoms with E-state index in [1.165, 1.54) is 17.0 Å². The SMILES string of the molecule is CC(c1ccc(Cl)cc1)n1nnc2c1NC(=O)C[C@]21C(=O)N(Cc2ccc(Cl)c(F)c2)c2ccc(Cl)cc21. The third-order valence-corrected chi connectivity index (χ3v) is 7.94. The summed E-state index contributed by atoms with van der Waals surface area (Å²) >= 11 is 18.3. The maximum atomic E-state index is 14.3. The minimum Gasteiger partial charge on any atom is -0.309 e. The van der Waals surface area contributed by atoms with Gasteiger partial charge in [-0.05, 0) is 66.1 Å². The summed E-state index contributed by atoms with van der Waals surface area (Å²) in [6, 6.07) is 16.4. The van der Waals surface area contributed by atoms with Crippen molar-refractivity contribution in [1.29, 1.82) is 0 Å². The molecule has 2 atom stereocenters. The number of hydrogen-bond acceptors (Lipinski definition) is 4. The van der Waals surface area contributed by atoms with Gasteiger partial charge in [0.2, 0.25) is 11.8 Å². The van der Waals surface area contributed by atoms with Gasteiger partial charge in [0.05, 0.1) is 24.0 Å². The van der Waals surface area contributed by atoms with Crippen LogP contribution in [0.4, 0.5) is 15.9 Å². The van der Waals surface area contributed by atoms with Crippen LogP contribution < -0.4 is 10.2 Å². The number of carbonyl (C=O) groups is 2. The van der Waals surface area contributed by atoms with Crippen molar-refractivity contribution in [2.75, 3.05) is 10.2 Å². The predicted octanol–water partition coefficient (Wildman–Crippen LogP) is 6.16. The van der Waals surface area contributed by atoms with Crippen molar-refractivity contribution in [3.63, 3.8) is 0 Å². The molecule has 192 valence electrons. The van der Waals surface area contributed by atoms with E-state index in [0.29, 0.717) is 38.4 Å². The van der Waals surface area contributed by atoms with Gasteiger partial charge >= 0.3 is 0 Å². The van der Waals surface area contributed by atoms with Crippen molar-refractivity contribution in [2.24, 2.45) is 0 Å².